The van der Waals surface area contributed by atoms with E-state index < -0.39 is 65.9 Å². The summed E-state index contributed by atoms with van der Waals surface area (Å²) in [7, 11) is 0. The number of aliphatic carboxylic acids is 1. The Morgan fingerprint density at radius 3 is 1.92 bits per heavy atom. The van der Waals surface area contributed by atoms with E-state index in [0.29, 0.717) is 17.5 Å². The minimum Gasteiger partial charge on any atom is -0.508 e. The van der Waals surface area contributed by atoms with Crippen LogP contribution in [0.2, 0.25) is 0 Å². The van der Waals surface area contributed by atoms with Gasteiger partial charge in [0.2, 0.25) is 17.7 Å². The number of rotatable bonds is 19. The van der Waals surface area contributed by atoms with Gasteiger partial charge in [0.15, 0.2) is 0 Å². The molecule has 14 heteroatoms. The van der Waals surface area contributed by atoms with Crippen molar-refractivity contribution >= 4 is 29.6 Å². The topological polar surface area (TPSA) is 232 Å². The number of carboxylic acid groups (broad SMARTS) is 1. The standard InChI is InChI=1S/C37H53N5O9/c1-4-5-6-7-8-9-28(38)32(45)35(48)39-23(3)36(49)42-21-22(2)18-31(42)34(47)40-29(19-24-10-14-26(43)15-11-24)33(46)41-30(37(50)51)20-25-12-16-27(44)17-13-25/h10-17,22-23,28-32,43-45H,4-9,18-21,38H2,1-3H3,(H,39,48)(H,40,47)(H,41,46)(H,50,51)/t22?,23-,28+,29-,30-,31-,32-/m0/s1. The number of nitrogens with two attached hydrogens (primary N) is 1. The fourth-order valence-electron chi connectivity index (χ4n) is 6.17. The van der Waals surface area contributed by atoms with Gasteiger partial charge in [-0.2, -0.15) is 0 Å². The zero-order chi connectivity index (χ0) is 37.7. The molecule has 1 aliphatic heterocycles. The third kappa shape index (κ3) is 12.5. The smallest absolute Gasteiger partial charge is 0.326 e. The lowest BCUT2D eigenvalue weighted by Crippen LogP contribution is -2.58. The van der Waals surface area contributed by atoms with E-state index in [2.05, 4.69) is 22.9 Å². The number of amides is 4. The van der Waals surface area contributed by atoms with Gasteiger partial charge in [0.05, 0.1) is 0 Å². The van der Waals surface area contributed by atoms with Crippen molar-refractivity contribution in [1.29, 1.82) is 0 Å². The maximum Gasteiger partial charge on any atom is 0.326 e. The highest BCUT2D eigenvalue weighted by molar-refractivity contribution is 5.95. The fourth-order valence-corrected chi connectivity index (χ4v) is 6.17. The zero-order valence-electron chi connectivity index (χ0n) is 29.6. The molecule has 0 saturated carbocycles. The fraction of sp³-hybridized carbons (Fsp3) is 0.541. The number of hydrogen-bond acceptors (Lipinski definition) is 9. The quantitative estimate of drug-likeness (QED) is 0.0984. The molecule has 0 radical (unpaired) electrons. The van der Waals surface area contributed by atoms with Crippen LogP contribution in [0.3, 0.4) is 0 Å². The van der Waals surface area contributed by atoms with E-state index in [1.54, 1.807) is 12.1 Å². The molecule has 2 aromatic carbocycles. The summed E-state index contributed by atoms with van der Waals surface area (Å²) in [5.74, 6) is -4.14. The molecular weight excluding hydrogens is 658 g/mol. The van der Waals surface area contributed by atoms with E-state index in [1.165, 1.54) is 48.2 Å². The molecule has 0 aromatic heterocycles. The van der Waals surface area contributed by atoms with E-state index in [4.69, 9.17) is 5.73 Å². The lowest BCUT2D eigenvalue weighted by atomic mass is 10.0. The number of carbonyl (C=O) groups excluding carboxylic acids is 4. The van der Waals surface area contributed by atoms with Crippen LogP contribution < -0.4 is 21.7 Å². The maximum absolute atomic E-state index is 13.8. The van der Waals surface area contributed by atoms with E-state index in [1.807, 2.05) is 6.92 Å². The number of likely N-dealkylation sites (tertiary alicyclic amines) is 1. The van der Waals surface area contributed by atoms with E-state index in [9.17, 15) is 44.4 Å². The summed E-state index contributed by atoms with van der Waals surface area (Å²) in [4.78, 5) is 67.3. The third-order valence-electron chi connectivity index (χ3n) is 9.14. The Balaban J connectivity index is 1.71. The molecular formula is C37H53N5O9. The lowest BCUT2D eigenvalue weighted by molar-refractivity contribution is -0.143. The predicted molar refractivity (Wildman–Crippen MR) is 189 cm³/mol. The summed E-state index contributed by atoms with van der Waals surface area (Å²) in [5, 5.41) is 47.5. The van der Waals surface area contributed by atoms with Crippen molar-refractivity contribution in [2.24, 2.45) is 11.7 Å². The molecule has 3 rings (SSSR count). The lowest BCUT2D eigenvalue weighted by Gasteiger charge is -2.29. The van der Waals surface area contributed by atoms with Gasteiger partial charge in [0.25, 0.3) is 5.91 Å². The Labute approximate surface area is 298 Å². The summed E-state index contributed by atoms with van der Waals surface area (Å²) in [6, 6.07) is 6.36. The number of carboxylic acids is 1. The second-order valence-corrected chi connectivity index (χ2v) is 13.6. The van der Waals surface area contributed by atoms with E-state index in [0.717, 1.165) is 32.1 Å². The molecule has 0 aliphatic carbocycles. The largest absolute Gasteiger partial charge is 0.508 e. The number of nitrogens with one attached hydrogen (secondary N) is 3. The molecule has 0 spiro atoms. The third-order valence-corrected chi connectivity index (χ3v) is 9.14. The summed E-state index contributed by atoms with van der Waals surface area (Å²) < 4.78 is 0. The van der Waals surface area contributed by atoms with Gasteiger partial charge in [0.1, 0.15) is 41.8 Å². The Morgan fingerprint density at radius 1 is 0.824 bits per heavy atom. The number of nitrogens with zero attached hydrogens (tertiary/aromatic N) is 1. The molecule has 2 aromatic rings. The van der Waals surface area contributed by atoms with Crippen molar-refractivity contribution in [3.63, 3.8) is 0 Å². The monoisotopic (exact) mass is 711 g/mol. The Bertz CT molecular complexity index is 1470. The van der Waals surface area contributed by atoms with Gasteiger partial charge in [-0.25, -0.2) is 4.79 Å². The molecule has 7 atom stereocenters. The first kappa shape index (κ1) is 40.7. The van der Waals surface area contributed by atoms with Crippen molar-refractivity contribution in [1.82, 2.24) is 20.9 Å². The number of phenolic OH excluding ortho intramolecular Hbond substituents is 2. The van der Waals surface area contributed by atoms with Crippen LogP contribution in [-0.2, 0) is 36.8 Å². The number of aliphatic hydroxyl groups is 1. The zero-order valence-corrected chi connectivity index (χ0v) is 29.6. The molecule has 1 unspecified atom stereocenters. The SMILES string of the molecule is CCCCCCC[C@@H](N)[C@H](O)C(=O)N[C@@H](C)C(=O)N1CC(C)C[C@H]1C(=O)N[C@@H](Cc1ccc(O)cc1)C(=O)N[C@@H](Cc1ccc(O)cc1)C(=O)O. The summed E-state index contributed by atoms with van der Waals surface area (Å²) >= 11 is 0. The van der Waals surface area contributed by atoms with Gasteiger partial charge < -0.3 is 47.0 Å². The average Bonchev–Trinajstić information content (AvgIpc) is 3.49. The normalized spacial score (nSPS) is 18.6. The Hall–Kier alpha value is -4.69. The molecule has 1 fully saturated rings. The van der Waals surface area contributed by atoms with Crippen LogP contribution in [0.15, 0.2) is 48.5 Å². The van der Waals surface area contributed by atoms with Crippen molar-refractivity contribution in [3.05, 3.63) is 59.7 Å². The van der Waals surface area contributed by atoms with Crippen LogP contribution in [0.1, 0.15) is 76.8 Å². The molecule has 14 nitrogen and oxygen atoms in total. The van der Waals surface area contributed by atoms with Crippen molar-refractivity contribution in [2.75, 3.05) is 6.54 Å². The minimum atomic E-state index is -1.51. The molecule has 0 bridgehead atoms. The van der Waals surface area contributed by atoms with Crippen molar-refractivity contribution in [2.45, 2.75) is 115 Å². The second-order valence-electron chi connectivity index (χ2n) is 13.6. The van der Waals surface area contributed by atoms with Crippen molar-refractivity contribution < 1.29 is 44.4 Å². The number of phenols is 2. The first-order chi connectivity index (χ1) is 24.2. The van der Waals surface area contributed by atoms with E-state index >= 15 is 0 Å². The number of hydrogen-bond donors (Lipinski definition) is 8. The van der Waals surface area contributed by atoms with E-state index in [-0.39, 0.29) is 43.2 Å². The number of aromatic hydroxyl groups is 2. The number of carbonyl (C=O) groups is 5. The summed E-state index contributed by atoms with van der Waals surface area (Å²) in [6.07, 6.45) is 4.03. The van der Waals surface area contributed by atoms with Crippen LogP contribution >= 0.6 is 0 Å². The van der Waals surface area contributed by atoms with Crippen LogP contribution in [0.5, 0.6) is 11.5 Å². The highest BCUT2D eigenvalue weighted by Gasteiger charge is 2.41. The molecule has 1 saturated heterocycles. The molecule has 4 amide bonds. The van der Waals surface area contributed by atoms with Crippen LogP contribution in [-0.4, -0.2) is 97.8 Å². The second kappa shape index (κ2) is 19.6. The minimum absolute atomic E-state index is 0.00199. The van der Waals surface area contributed by atoms with Gasteiger partial charge in [-0.05, 0) is 61.1 Å². The summed E-state index contributed by atoms with van der Waals surface area (Å²) in [5.41, 5.74) is 7.18. The first-order valence-electron chi connectivity index (χ1n) is 17.6. The molecule has 1 heterocycles. The van der Waals surface area contributed by atoms with Gasteiger partial charge in [-0.3, -0.25) is 19.2 Å². The van der Waals surface area contributed by atoms with Crippen molar-refractivity contribution in [3.8, 4) is 11.5 Å². The van der Waals surface area contributed by atoms with Crippen LogP contribution in [0.25, 0.3) is 0 Å². The maximum atomic E-state index is 13.8. The first-order valence-corrected chi connectivity index (χ1v) is 17.6. The highest BCUT2D eigenvalue weighted by Crippen LogP contribution is 2.24. The number of aliphatic hydroxyl groups excluding tert-OH is 1. The Morgan fingerprint density at radius 2 is 1.37 bits per heavy atom. The predicted octanol–water partition coefficient (Wildman–Crippen LogP) is 1.73. The Kier molecular flexibility index (Phi) is 15.7. The molecule has 1 aliphatic rings. The van der Waals surface area contributed by atoms with Gasteiger partial charge in [-0.15, -0.1) is 0 Å². The molecule has 280 valence electrons. The van der Waals surface area contributed by atoms with Crippen LogP contribution in [0.4, 0.5) is 0 Å². The van der Waals surface area contributed by atoms with Gasteiger partial charge in [-0.1, -0.05) is 70.2 Å². The average molecular weight is 712 g/mol. The van der Waals surface area contributed by atoms with Crippen LogP contribution in [0, 0.1) is 5.92 Å². The number of unbranched alkanes of at least 4 members (excludes halogenated alkanes) is 4. The molecule has 9 N–H and O–H groups in total. The summed E-state index contributed by atoms with van der Waals surface area (Å²) in [6.45, 7) is 5.64. The molecule has 51 heavy (non-hydrogen) atoms. The van der Waals surface area contributed by atoms with Gasteiger partial charge in [0, 0.05) is 25.4 Å². The van der Waals surface area contributed by atoms with Gasteiger partial charge >= 0.3 is 5.97 Å². The highest BCUT2D eigenvalue weighted by atomic mass is 16.4. The number of benzene rings is 2.